The Morgan fingerprint density at radius 1 is 0.972 bits per heavy atom. The van der Waals surface area contributed by atoms with Crippen molar-refractivity contribution in [3.8, 4) is 23.1 Å². The standard InChI is InChI=1S/C55H68N8O8S/c1-34(2)41-8-5-6-9-42(41)45-10-7-23-62(45)39-30-55(31-39)19-24-61(25-20-55)38-11-12-43(47(27-38)71-49-26-36-15-21-57-51(36)59-53(49)70-32-37-16-22-56-37)52(64)60-72(67,68)40-28-46(63(65)66)50-48(29-40)69-33-44(58-50)35-13-17-54(3,4)18-14-35/h5-6,8-9,11-12,15,21,26-29,34-35,37,39,44-45,56,58H,7,10,13-14,16-20,22-25,30-33H2,1-4H3,(H,57,59)(H,60,64)/t37-,44-,45-/m1/s1. The summed E-state index contributed by atoms with van der Waals surface area (Å²) >= 11 is 0. The summed E-state index contributed by atoms with van der Waals surface area (Å²) in [5, 5.41) is 20.0. The average molecular weight is 1000 g/mol. The van der Waals surface area contributed by atoms with E-state index in [0.717, 1.165) is 88.3 Å². The van der Waals surface area contributed by atoms with Crippen molar-refractivity contribution in [2.45, 2.75) is 133 Å². The minimum absolute atomic E-state index is 0.0449. The van der Waals surface area contributed by atoms with Gasteiger partial charge in [-0.3, -0.25) is 19.8 Å². The number of nitro benzene ring substituents is 1. The first-order valence-corrected chi connectivity index (χ1v) is 27.6. The van der Waals surface area contributed by atoms with Crippen LogP contribution in [0.2, 0.25) is 0 Å². The first-order valence-electron chi connectivity index (χ1n) is 26.2. The SMILES string of the molecule is CC(C)c1ccccc1[C@H]1CCCN1C1CC2(CCN(c3ccc(C(=O)NS(=O)(=O)c4cc5c(c([N+](=O)[O-])c4)N[C@@H](C4CCC(C)(C)CC4)CO5)c(Oc4cc5cc[nH]c5nc4OC[C@H]4CCN4)c3)CC2)C1. The summed E-state index contributed by atoms with van der Waals surface area (Å²) < 4.78 is 49.6. The third kappa shape index (κ3) is 9.59. The molecule has 6 heterocycles. The lowest BCUT2D eigenvalue weighted by Gasteiger charge is -2.56. The predicted octanol–water partition coefficient (Wildman–Crippen LogP) is 10.2. The largest absolute Gasteiger partial charge is 0.489 e. The van der Waals surface area contributed by atoms with Crippen LogP contribution in [0, 0.1) is 26.9 Å². The second kappa shape index (κ2) is 19.2. The van der Waals surface area contributed by atoms with Gasteiger partial charge in [0.2, 0.25) is 0 Å². The topological polar surface area (TPSA) is 193 Å². The third-order valence-electron chi connectivity index (χ3n) is 17.0. The molecule has 1 spiro atoms. The Hall–Kier alpha value is -5.91. The summed E-state index contributed by atoms with van der Waals surface area (Å²) in [7, 11) is -4.68. The van der Waals surface area contributed by atoms with Crippen LogP contribution in [-0.2, 0) is 10.0 Å². The summed E-state index contributed by atoms with van der Waals surface area (Å²) in [5.74, 6) is 0.406. The van der Waals surface area contributed by atoms with E-state index in [1.165, 1.54) is 42.9 Å². The van der Waals surface area contributed by atoms with Crippen molar-refractivity contribution < 1.29 is 32.3 Å². The maximum Gasteiger partial charge on any atom is 0.297 e. The number of pyridine rings is 1. The van der Waals surface area contributed by atoms with Crippen molar-refractivity contribution in [1.82, 2.24) is 24.9 Å². The van der Waals surface area contributed by atoms with E-state index in [1.807, 2.05) is 12.1 Å². The molecule has 72 heavy (non-hydrogen) atoms. The van der Waals surface area contributed by atoms with Gasteiger partial charge in [0.25, 0.3) is 27.5 Å². The number of anilines is 2. The molecule has 2 aromatic heterocycles. The van der Waals surface area contributed by atoms with Gasteiger partial charge < -0.3 is 34.7 Å². The highest BCUT2D eigenvalue weighted by molar-refractivity contribution is 7.90. The lowest BCUT2D eigenvalue weighted by Crippen LogP contribution is -2.54. The van der Waals surface area contributed by atoms with Gasteiger partial charge in [0.05, 0.1) is 21.4 Å². The quantitative estimate of drug-likeness (QED) is 0.0607. The summed E-state index contributed by atoms with van der Waals surface area (Å²) in [4.78, 5) is 38.8. The Morgan fingerprint density at radius 3 is 2.49 bits per heavy atom. The molecule has 0 bridgehead atoms. The fourth-order valence-electron chi connectivity index (χ4n) is 12.5. The lowest BCUT2D eigenvalue weighted by molar-refractivity contribution is -0.384. The van der Waals surface area contributed by atoms with Crippen molar-refractivity contribution in [3.63, 3.8) is 0 Å². The van der Waals surface area contributed by atoms with E-state index in [1.54, 1.807) is 24.4 Å². The number of piperidine rings is 1. The number of nitrogens with zero attached hydrogens (tertiary/aromatic N) is 4. The zero-order valence-electron chi connectivity index (χ0n) is 41.9. The highest BCUT2D eigenvalue weighted by atomic mass is 32.2. The van der Waals surface area contributed by atoms with E-state index in [4.69, 9.17) is 19.2 Å². The number of aromatic nitrogens is 2. The molecule has 4 N–H and O–H groups in total. The van der Waals surface area contributed by atoms with Gasteiger partial charge in [0, 0.05) is 66.7 Å². The van der Waals surface area contributed by atoms with Crippen LogP contribution in [0.15, 0.2) is 77.8 Å². The molecular formula is C55H68N8O8S. The van der Waals surface area contributed by atoms with Gasteiger partial charge in [-0.25, -0.2) is 13.1 Å². The van der Waals surface area contributed by atoms with Gasteiger partial charge in [-0.05, 0) is 142 Å². The van der Waals surface area contributed by atoms with Gasteiger partial charge in [-0.2, -0.15) is 4.98 Å². The average Bonchev–Trinajstić information content (AvgIpc) is 4.02. The first-order chi connectivity index (χ1) is 34.6. The molecule has 6 aliphatic rings. The molecule has 2 saturated carbocycles. The molecule has 3 atom stereocenters. The van der Waals surface area contributed by atoms with Crippen LogP contribution < -0.4 is 34.5 Å². The van der Waals surface area contributed by atoms with E-state index in [2.05, 4.69) is 82.1 Å². The number of carbonyl (C=O) groups excluding carboxylic acids is 1. The number of carbonyl (C=O) groups is 1. The molecule has 0 unspecified atom stereocenters. The number of nitro groups is 1. The zero-order valence-corrected chi connectivity index (χ0v) is 42.7. The van der Waals surface area contributed by atoms with Gasteiger partial charge in [-0.15, -0.1) is 0 Å². The first kappa shape index (κ1) is 48.4. The van der Waals surface area contributed by atoms with Crippen LogP contribution in [0.3, 0.4) is 0 Å². The molecule has 11 rings (SSSR count). The minimum Gasteiger partial charge on any atom is -0.489 e. The number of nitrogens with one attached hydrogen (secondary N) is 4. The van der Waals surface area contributed by atoms with Gasteiger partial charge in [0.15, 0.2) is 17.2 Å². The number of H-pyrrole nitrogens is 1. The number of likely N-dealkylation sites (tertiary alicyclic amines) is 1. The Morgan fingerprint density at radius 2 is 1.75 bits per heavy atom. The van der Waals surface area contributed by atoms with Gasteiger partial charge in [-0.1, -0.05) is 52.0 Å². The van der Waals surface area contributed by atoms with Crippen molar-refractivity contribution >= 4 is 44.0 Å². The Balaban J connectivity index is 0.838. The fourth-order valence-corrected chi connectivity index (χ4v) is 13.5. The van der Waals surface area contributed by atoms with Crippen LogP contribution in [0.5, 0.6) is 23.1 Å². The molecule has 4 aliphatic heterocycles. The predicted molar refractivity (Wildman–Crippen MR) is 277 cm³/mol. The third-order valence-corrected chi connectivity index (χ3v) is 18.3. The molecule has 382 valence electrons. The Labute approximate surface area is 422 Å². The van der Waals surface area contributed by atoms with E-state index in [9.17, 15) is 23.3 Å². The Bertz CT molecular complexity index is 2960. The van der Waals surface area contributed by atoms with Crippen molar-refractivity contribution in [1.29, 1.82) is 0 Å². The van der Waals surface area contributed by atoms with Crippen molar-refractivity contribution in [2.75, 3.05) is 49.6 Å². The number of aromatic amines is 1. The van der Waals surface area contributed by atoms with Gasteiger partial charge in [0.1, 0.15) is 24.6 Å². The molecule has 17 heteroatoms. The monoisotopic (exact) mass is 1000 g/mol. The number of amides is 1. The summed E-state index contributed by atoms with van der Waals surface area (Å²) in [6.45, 7) is 13.4. The van der Waals surface area contributed by atoms with Crippen LogP contribution in [0.25, 0.3) is 11.0 Å². The number of hydrogen-bond donors (Lipinski definition) is 4. The molecular weight excluding hydrogens is 933 g/mol. The maximum atomic E-state index is 14.4. The number of benzene rings is 3. The molecule has 5 fully saturated rings. The molecule has 0 radical (unpaired) electrons. The molecule has 3 saturated heterocycles. The van der Waals surface area contributed by atoms with Crippen LogP contribution in [0.1, 0.15) is 132 Å². The second-order valence-electron chi connectivity index (χ2n) is 22.5. The van der Waals surface area contributed by atoms with Crippen LogP contribution in [-0.4, -0.2) is 91.6 Å². The summed E-state index contributed by atoms with van der Waals surface area (Å²) in [5.41, 5.74) is 4.55. The number of fused-ring (bicyclic) bond motifs is 2. The van der Waals surface area contributed by atoms with Crippen LogP contribution in [0.4, 0.5) is 17.1 Å². The molecule has 2 aliphatic carbocycles. The van der Waals surface area contributed by atoms with Crippen molar-refractivity contribution in [2.24, 2.45) is 16.7 Å². The fraction of sp³-hybridized carbons (Fsp3) is 0.527. The maximum absolute atomic E-state index is 14.4. The number of rotatable bonds is 14. The second-order valence-corrected chi connectivity index (χ2v) is 24.2. The number of sulfonamides is 1. The summed E-state index contributed by atoms with van der Waals surface area (Å²) in [6, 6.07) is 21.1. The normalized spacial score (nSPS) is 23.2. The van der Waals surface area contributed by atoms with Crippen molar-refractivity contribution in [3.05, 3.63) is 99.7 Å². The smallest absolute Gasteiger partial charge is 0.297 e. The highest BCUT2D eigenvalue weighted by Crippen LogP contribution is 2.55. The van der Waals surface area contributed by atoms with Crippen LogP contribution >= 0.6 is 0 Å². The molecule has 16 nitrogen and oxygen atoms in total. The summed E-state index contributed by atoms with van der Waals surface area (Å²) in [6.07, 6.45) is 13.6. The number of hydrogen-bond acceptors (Lipinski definition) is 13. The molecule has 1 amide bonds. The molecule has 3 aromatic carbocycles. The zero-order chi connectivity index (χ0) is 49.9. The van der Waals surface area contributed by atoms with E-state index in [0.29, 0.717) is 30.3 Å². The van der Waals surface area contributed by atoms with E-state index < -0.39 is 31.4 Å². The Kier molecular flexibility index (Phi) is 12.9. The lowest BCUT2D eigenvalue weighted by atomic mass is 9.59. The molecule has 5 aromatic rings. The number of ether oxygens (including phenoxy) is 3. The highest BCUT2D eigenvalue weighted by Gasteiger charge is 2.50. The minimum atomic E-state index is -4.68. The van der Waals surface area contributed by atoms with E-state index in [-0.39, 0.29) is 69.8 Å². The van der Waals surface area contributed by atoms with Gasteiger partial charge >= 0.3 is 0 Å². The van der Waals surface area contributed by atoms with E-state index >= 15 is 0 Å².